The fourth-order valence-corrected chi connectivity index (χ4v) is 12.0. The number of nitrogens with one attached hydrogen (secondary N) is 1. The molecule has 3 fully saturated rings. The summed E-state index contributed by atoms with van der Waals surface area (Å²) in [5, 5.41) is 13.3. The molecule has 2 aliphatic carbocycles. The number of rotatable bonds is 2. The summed E-state index contributed by atoms with van der Waals surface area (Å²) < 4.78 is 35.6. The van der Waals surface area contributed by atoms with E-state index in [1.165, 1.54) is 11.1 Å². The van der Waals surface area contributed by atoms with Gasteiger partial charge in [0.05, 0.1) is 40.8 Å². The summed E-state index contributed by atoms with van der Waals surface area (Å²) in [6.07, 6.45) is 8.95. The maximum atomic E-state index is 14.0. The first-order valence-corrected chi connectivity index (χ1v) is 21.8. The van der Waals surface area contributed by atoms with Crippen LogP contribution in [-0.2, 0) is 31.0 Å². The number of benzene rings is 2. The van der Waals surface area contributed by atoms with Crippen molar-refractivity contribution in [2.24, 2.45) is 17.8 Å². The molecule has 11 heteroatoms. The Morgan fingerprint density at radius 2 is 1.81 bits per heavy atom. The molecule has 4 heterocycles. The molecule has 52 heavy (non-hydrogen) atoms. The van der Waals surface area contributed by atoms with Gasteiger partial charge in [-0.05, 0) is 117 Å². The molecule has 2 aromatic carbocycles. The zero-order chi connectivity index (χ0) is 36.3. The van der Waals surface area contributed by atoms with Crippen molar-refractivity contribution in [3.63, 3.8) is 0 Å². The Bertz CT molecular complexity index is 1770. The van der Waals surface area contributed by atoms with E-state index in [1.807, 2.05) is 25.1 Å². The van der Waals surface area contributed by atoms with Crippen LogP contribution in [0.5, 0.6) is 5.75 Å². The number of carbonyl (C=O) groups excluding carboxylic acids is 1. The number of aliphatic hydroxyl groups is 1. The van der Waals surface area contributed by atoms with Gasteiger partial charge in [0.15, 0.2) is 5.79 Å². The van der Waals surface area contributed by atoms with Gasteiger partial charge >= 0.3 is 0 Å². The van der Waals surface area contributed by atoms with Crippen LogP contribution in [-0.4, -0.2) is 95.2 Å². The topological polar surface area (TPSA) is 101 Å². The molecule has 4 aliphatic heterocycles. The molecule has 2 N–H and O–H groups in total. The maximum absolute atomic E-state index is 14.0. The molecular weight excluding hydrogens is 698 g/mol. The molecule has 284 valence electrons. The lowest BCUT2D eigenvalue weighted by Crippen LogP contribution is -2.58. The van der Waals surface area contributed by atoms with Gasteiger partial charge < -0.3 is 29.1 Å². The molecule has 1 unspecified atom stereocenters. The Hall–Kier alpha value is -2.34. The van der Waals surface area contributed by atoms with Crippen molar-refractivity contribution in [3.8, 4) is 5.75 Å². The van der Waals surface area contributed by atoms with Gasteiger partial charge in [0.1, 0.15) is 5.75 Å². The molecule has 1 saturated carbocycles. The predicted molar refractivity (Wildman–Crippen MR) is 207 cm³/mol. The molecule has 9 nitrogen and oxygen atoms in total. The number of hydrogen-bond donors (Lipinski definition) is 2. The number of piperidine rings is 1. The molecule has 1 amide bonds. The van der Waals surface area contributed by atoms with Crippen LogP contribution in [0.2, 0.25) is 5.02 Å². The third-order valence-corrected chi connectivity index (χ3v) is 16.2. The lowest BCUT2D eigenvalue weighted by molar-refractivity contribution is -0.192. The normalized spacial score (nSPS) is 36.6. The quantitative estimate of drug-likeness (QED) is 0.362. The fraction of sp³-hybridized carbons (Fsp3) is 0.659. The highest BCUT2D eigenvalue weighted by Gasteiger charge is 2.50. The zero-order valence-electron chi connectivity index (χ0n) is 30.9. The van der Waals surface area contributed by atoms with Crippen molar-refractivity contribution < 1.29 is 28.3 Å². The summed E-state index contributed by atoms with van der Waals surface area (Å²) in [6, 6.07) is 11.9. The first-order valence-electron chi connectivity index (χ1n) is 19.6. The first kappa shape index (κ1) is 36.6. The molecule has 8 rings (SSSR count). The van der Waals surface area contributed by atoms with E-state index in [0.29, 0.717) is 38.3 Å². The molecule has 6 aliphatic rings. The Morgan fingerprint density at radius 3 is 2.56 bits per heavy atom. The van der Waals surface area contributed by atoms with Crippen LogP contribution in [0, 0.1) is 17.8 Å². The Kier molecular flexibility index (Phi) is 9.90. The first-order chi connectivity index (χ1) is 24.9. The van der Waals surface area contributed by atoms with Gasteiger partial charge in [-0.2, -0.15) is 0 Å². The molecule has 2 aromatic rings. The second kappa shape index (κ2) is 14.1. The van der Waals surface area contributed by atoms with Crippen LogP contribution in [0.1, 0.15) is 93.1 Å². The number of aryl methyl sites for hydroxylation is 1. The van der Waals surface area contributed by atoms with Crippen LogP contribution in [0.25, 0.3) is 0 Å². The average molecular weight is 754 g/mol. The molecule has 0 radical (unpaired) electrons. The second-order valence-corrected chi connectivity index (χ2v) is 19.8. The van der Waals surface area contributed by atoms with Gasteiger partial charge in [-0.1, -0.05) is 31.0 Å². The summed E-state index contributed by atoms with van der Waals surface area (Å²) in [5.41, 5.74) is 2.77. The number of nitrogens with zero attached hydrogens (tertiary/aromatic N) is 2. The van der Waals surface area contributed by atoms with Crippen molar-refractivity contribution in [1.82, 2.24) is 9.62 Å². The van der Waals surface area contributed by atoms with E-state index < -0.39 is 21.1 Å². The number of anilines is 1. The van der Waals surface area contributed by atoms with E-state index in [1.54, 1.807) is 6.07 Å². The van der Waals surface area contributed by atoms with E-state index in [4.69, 9.17) is 25.8 Å². The van der Waals surface area contributed by atoms with E-state index in [-0.39, 0.29) is 34.3 Å². The van der Waals surface area contributed by atoms with Crippen LogP contribution in [0.4, 0.5) is 5.69 Å². The van der Waals surface area contributed by atoms with E-state index >= 15 is 0 Å². The SMILES string of the molecule is C=S1(=O)NC(=O)c2ccc3c(c2)N(C[C@@H]2CC[C@H]2[C@@](O)(CN2CCC4(CC2)OCCO4)CCC[C@H](C)[C@H]1C)C[C@@]1(CCCc2cc(Cl)ccc21)CO3. The Morgan fingerprint density at radius 1 is 1.02 bits per heavy atom. The van der Waals surface area contributed by atoms with Crippen molar-refractivity contribution >= 4 is 38.8 Å². The largest absolute Gasteiger partial charge is 0.490 e. The van der Waals surface area contributed by atoms with Crippen molar-refractivity contribution in [2.45, 2.75) is 100 Å². The summed E-state index contributed by atoms with van der Waals surface area (Å²) in [5.74, 6) is 4.43. The van der Waals surface area contributed by atoms with Crippen LogP contribution in [0.15, 0.2) is 36.4 Å². The predicted octanol–water partition coefficient (Wildman–Crippen LogP) is 5.98. The van der Waals surface area contributed by atoms with Gasteiger partial charge in [-0.3, -0.25) is 9.52 Å². The highest BCUT2D eigenvalue weighted by Crippen LogP contribution is 2.49. The smallest absolute Gasteiger partial charge is 0.262 e. The second-order valence-electron chi connectivity index (χ2n) is 17.0. The molecular formula is C41H56ClN3O6S. The number of ether oxygens (including phenoxy) is 3. The fourth-order valence-electron chi connectivity index (χ4n) is 10.3. The van der Waals surface area contributed by atoms with E-state index in [2.05, 4.69) is 39.4 Å². The summed E-state index contributed by atoms with van der Waals surface area (Å²) >= 11 is 6.50. The average Bonchev–Trinajstić information content (AvgIpc) is 3.50. The molecule has 2 bridgehead atoms. The van der Waals surface area contributed by atoms with Gasteiger partial charge in [-0.15, -0.1) is 0 Å². The lowest BCUT2D eigenvalue weighted by atomic mass is 9.62. The summed E-state index contributed by atoms with van der Waals surface area (Å²) in [6.45, 7) is 9.63. The lowest BCUT2D eigenvalue weighted by Gasteiger charge is -2.52. The minimum Gasteiger partial charge on any atom is -0.490 e. The van der Waals surface area contributed by atoms with Crippen molar-refractivity contribution in [2.75, 3.05) is 57.4 Å². The maximum Gasteiger partial charge on any atom is 0.262 e. The monoisotopic (exact) mass is 753 g/mol. The van der Waals surface area contributed by atoms with Gasteiger partial charge in [-0.25, -0.2) is 4.21 Å². The number of amides is 1. The highest BCUT2D eigenvalue weighted by atomic mass is 35.5. The zero-order valence-corrected chi connectivity index (χ0v) is 32.5. The number of fused-ring (bicyclic) bond motifs is 4. The van der Waals surface area contributed by atoms with Crippen LogP contribution < -0.4 is 14.4 Å². The van der Waals surface area contributed by atoms with Gasteiger partial charge in [0, 0.05) is 66.8 Å². The van der Waals surface area contributed by atoms with E-state index in [0.717, 1.165) is 100 Å². The summed E-state index contributed by atoms with van der Waals surface area (Å²) in [7, 11) is -2.96. The molecule has 0 aromatic heterocycles. The third kappa shape index (κ3) is 6.90. The van der Waals surface area contributed by atoms with Crippen LogP contribution >= 0.6 is 11.6 Å². The molecule has 7 atom stereocenters. The van der Waals surface area contributed by atoms with Crippen molar-refractivity contribution in [3.05, 3.63) is 58.1 Å². The van der Waals surface area contributed by atoms with Gasteiger partial charge in [0.2, 0.25) is 0 Å². The summed E-state index contributed by atoms with van der Waals surface area (Å²) in [4.78, 5) is 18.6. The number of likely N-dealkylation sites (tertiary alicyclic amines) is 1. The third-order valence-electron chi connectivity index (χ3n) is 13.7. The van der Waals surface area contributed by atoms with Gasteiger partial charge in [0.25, 0.3) is 5.91 Å². The van der Waals surface area contributed by atoms with Crippen LogP contribution in [0.3, 0.4) is 0 Å². The Labute approximate surface area is 314 Å². The number of halogens is 1. The molecule has 2 spiro atoms. The number of hydrogen-bond acceptors (Lipinski definition) is 8. The Balaban J connectivity index is 1.15. The number of carbonyl (C=O) groups is 1. The van der Waals surface area contributed by atoms with E-state index in [9.17, 15) is 14.1 Å². The highest BCUT2D eigenvalue weighted by molar-refractivity contribution is 7.99. The minimum absolute atomic E-state index is 0.0477. The van der Waals surface area contributed by atoms with Crippen molar-refractivity contribution in [1.29, 1.82) is 0 Å². The minimum atomic E-state index is -2.96. The standard InChI is InChI=1S/C41H56ClN3O6S/c1-28-6-4-15-40(47,26-44-18-16-41(17-19-44)50-20-21-51-41)35-11-8-32(35)24-45-25-39(14-5-7-30-22-33(42)10-12-34(30)39)27-49-37-13-9-31(23-36(37)45)38(46)43-52(3,48)29(28)2/h9-10,12-13,22-23,28-29,32,35,47H,3-8,11,14-21,24-27H2,1-2H3,(H,43,46,48)/t28-,29+,32-,35+,39-,40-,52?/m0/s1. The molecule has 2 saturated heterocycles. The number of β-amino-alcohol motifs (C(OH)–C–C–N with tert-alkyl or cyclic N) is 1.